The Hall–Kier alpha value is -1.77. The molecule has 2 aromatic rings. The lowest BCUT2D eigenvalue weighted by Gasteiger charge is -2.06. The molecule has 0 saturated carbocycles. The predicted octanol–water partition coefficient (Wildman–Crippen LogP) is 4.72. The molecule has 0 unspecified atom stereocenters. The number of benzene rings is 1. The van der Waals surface area contributed by atoms with Gasteiger partial charge in [0.1, 0.15) is 0 Å². The Bertz CT molecular complexity index is 448. The van der Waals surface area contributed by atoms with Crippen molar-refractivity contribution in [2.24, 2.45) is 0 Å². The van der Waals surface area contributed by atoms with Gasteiger partial charge in [-0.2, -0.15) is 0 Å². The van der Waals surface area contributed by atoms with E-state index < -0.39 is 0 Å². The topological polar surface area (TPSA) is 38.1 Å². The van der Waals surface area contributed by atoms with Crippen LogP contribution in [0.4, 0.5) is 5.69 Å². The van der Waals surface area contributed by atoms with Crippen molar-refractivity contribution in [3.05, 3.63) is 36.9 Å². The maximum absolute atomic E-state index is 5.26. The van der Waals surface area contributed by atoms with Crippen LogP contribution in [0.2, 0.25) is 0 Å². The zero-order valence-electron chi connectivity index (χ0n) is 11.6. The number of hydrogen-bond acceptors (Lipinski definition) is 3. The molecular formula is C16H22N2O. The number of hydrogen-bond donors (Lipinski definition) is 1. The van der Waals surface area contributed by atoms with Crippen LogP contribution in [0.3, 0.4) is 0 Å². The number of nitrogens with one attached hydrogen (secondary N) is 1. The van der Waals surface area contributed by atoms with E-state index >= 15 is 0 Å². The summed E-state index contributed by atoms with van der Waals surface area (Å²) in [5, 5.41) is 3.45. The minimum Gasteiger partial charge on any atom is -0.444 e. The molecule has 0 saturated heterocycles. The van der Waals surface area contributed by atoms with Crippen molar-refractivity contribution in [2.75, 3.05) is 11.9 Å². The fourth-order valence-corrected chi connectivity index (χ4v) is 2.07. The van der Waals surface area contributed by atoms with Crippen molar-refractivity contribution in [3.8, 4) is 11.3 Å². The Kier molecular flexibility index (Phi) is 5.48. The van der Waals surface area contributed by atoms with Crippen LogP contribution in [0.5, 0.6) is 0 Å². The van der Waals surface area contributed by atoms with Crippen LogP contribution in [-0.2, 0) is 0 Å². The van der Waals surface area contributed by atoms with Crippen molar-refractivity contribution in [1.82, 2.24) is 4.98 Å². The Morgan fingerprint density at radius 1 is 1.05 bits per heavy atom. The van der Waals surface area contributed by atoms with Gasteiger partial charge in [0.2, 0.25) is 0 Å². The van der Waals surface area contributed by atoms with E-state index in [1.165, 1.54) is 44.2 Å². The van der Waals surface area contributed by atoms with Crippen LogP contribution in [0.15, 0.2) is 41.3 Å². The quantitative estimate of drug-likeness (QED) is 0.696. The van der Waals surface area contributed by atoms with Crippen LogP contribution in [0.25, 0.3) is 11.3 Å². The summed E-state index contributed by atoms with van der Waals surface area (Å²) in [6.45, 7) is 3.29. The van der Waals surface area contributed by atoms with Crippen molar-refractivity contribution >= 4 is 5.69 Å². The number of anilines is 1. The largest absolute Gasteiger partial charge is 0.444 e. The number of aromatic nitrogens is 1. The lowest BCUT2D eigenvalue weighted by Crippen LogP contribution is -2.00. The SMILES string of the molecule is CCCCCCCNc1ccc(-c2cnco2)cc1. The van der Waals surface area contributed by atoms with Crippen molar-refractivity contribution in [3.63, 3.8) is 0 Å². The van der Waals surface area contributed by atoms with Gasteiger partial charge in [0.05, 0.1) is 6.20 Å². The number of unbranched alkanes of at least 4 members (excludes halogenated alkanes) is 4. The second-order valence-electron chi connectivity index (χ2n) is 4.78. The van der Waals surface area contributed by atoms with Crippen molar-refractivity contribution in [2.45, 2.75) is 39.0 Å². The van der Waals surface area contributed by atoms with E-state index in [1.807, 2.05) is 0 Å². The first-order valence-corrected chi connectivity index (χ1v) is 7.13. The smallest absolute Gasteiger partial charge is 0.181 e. The van der Waals surface area contributed by atoms with Crippen LogP contribution < -0.4 is 5.32 Å². The van der Waals surface area contributed by atoms with Gasteiger partial charge in [0, 0.05) is 17.8 Å². The molecule has 1 heterocycles. The lowest BCUT2D eigenvalue weighted by atomic mass is 10.1. The Morgan fingerprint density at radius 3 is 2.53 bits per heavy atom. The molecule has 1 aromatic heterocycles. The summed E-state index contributed by atoms with van der Waals surface area (Å²) in [5.74, 6) is 0.811. The summed E-state index contributed by atoms with van der Waals surface area (Å²) >= 11 is 0. The van der Waals surface area contributed by atoms with E-state index in [0.29, 0.717) is 0 Å². The average Bonchev–Trinajstić information content (AvgIpc) is 2.97. The van der Waals surface area contributed by atoms with Gasteiger partial charge in [-0.15, -0.1) is 0 Å². The fraction of sp³-hybridized carbons (Fsp3) is 0.438. The highest BCUT2D eigenvalue weighted by atomic mass is 16.3. The summed E-state index contributed by atoms with van der Waals surface area (Å²) < 4.78 is 5.26. The Balaban J connectivity index is 1.73. The molecule has 0 aliphatic rings. The highest BCUT2D eigenvalue weighted by molar-refractivity contribution is 5.60. The first kappa shape index (κ1) is 13.7. The molecule has 102 valence electrons. The van der Waals surface area contributed by atoms with Crippen LogP contribution in [0.1, 0.15) is 39.0 Å². The minimum atomic E-state index is 0.811. The summed E-state index contributed by atoms with van der Waals surface area (Å²) in [6.07, 6.45) is 9.75. The zero-order valence-corrected chi connectivity index (χ0v) is 11.6. The monoisotopic (exact) mass is 258 g/mol. The van der Waals surface area contributed by atoms with Crippen LogP contribution >= 0.6 is 0 Å². The van der Waals surface area contributed by atoms with E-state index in [1.54, 1.807) is 6.20 Å². The van der Waals surface area contributed by atoms with E-state index in [2.05, 4.69) is 41.5 Å². The molecule has 0 bridgehead atoms. The van der Waals surface area contributed by atoms with Gasteiger partial charge in [-0.3, -0.25) is 0 Å². The molecule has 0 atom stereocenters. The predicted molar refractivity (Wildman–Crippen MR) is 79.2 cm³/mol. The van der Waals surface area contributed by atoms with E-state index in [0.717, 1.165) is 17.9 Å². The summed E-state index contributed by atoms with van der Waals surface area (Å²) in [5.41, 5.74) is 2.23. The maximum atomic E-state index is 5.26. The molecule has 1 aromatic carbocycles. The molecule has 0 radical (unpaired) electrons. The molecule has 19 heavy (non-hydrogen) atoms. The van der Waals surface area contributed by atoms with E-state index in [4.69, 9.17) is 4.42 Å². The second kappa shape index (κ2) is 7.62. The van der Waals surface area contributed by atoms with Gasteiger partial charge in [-0.1, -0.05) is 32.6 Å². The third-order valence-corrected chi connectivity index (χ3v) is 3.21. The fourth-order valence-electron chi connectivity index (χ4n) is 2.07. The zero-order chi connectivity index (χ0) is 13.3. The highest BCUT2D eigenvalue weighted by Gasteiger charge is 2.00. The van der Waals surface area contributed by atoms with Gasteiger partial charge < -0.3 is 9.73 Å². The summed E-state index contributed by atoms with van der Waals surface area (Å²) in [6, 6.07) is 8.29. The first-order chi connectivity index (χ1) is 9.40. The van der Waals surface area contributed by atoms with Gasteiger partial charge in [-0.05, 0) is 30.7 Å². The second-order valence-corrected chi connectivity index (χ2v) is 4.78. The number of rotatable bonds is 8. The van der Waals surface area contributed by atoms with Crippen LogP contribution in [0, 0.1) is 0 Å². The average molecular weight is 258 g/mol. The van der Waals surface area contributed by atoms with Gasteiger partial charge in [-0.25, -0.2) is 4.98 Å². The van der Waals surface area contributed by atoms with E-state index in [-0.39, 0.29) is 0 Å². The number of nitrogens with zero attached hydrogens (tertiary/aromatic N) is 1. The van der Waals surface area contributed by atoms with Gasteiger partial charge >= 0.3 is 0 Å². The Morgan fingerprint density at radius 2 is 1.84 bits per heavy atom. The van der Waals surface area contributed by atoms with E-state index in [9.17, 15) is 0 Å². The molecule has 0 spiro atoms. The van der Waals surface area contributed by atoms with Gasteiger partial charge in [0.25, 0.3) is 0 Å². The minimum absolute atomic E-state index is 0.811. The molecule has 2 rings (SSSR count). The van der Waals surface area contributed by atoms with Crippen LogP contribution in [-0.4, -0.2) is 11.5 Å². The normalized spacial score (nSPS) is 10.6. The standard InChI is InChI=1S/C16H22N2O/c1-2-3-4-5-6-11-18-15-9-7-14(8-10-15)16-12-17-13-19-16/h7-10,12-13,18H,2-6,11H2,1H3. The Labute approximate surface area is 115 Å². The number of oxazole rings is 1. The molecule has 0 amide bonds. The molecule has 0 aliphatic heterocycles. The molecule has 3 heteroatoms. The summed E-state index contributed by atoms with van der Waals surface area (Å²) in [4.78, 5) is 3.92. The third-order valence-electron chi connectivity index (χ3n) is 3.21. The molecular weight excluding hydrogens is 236 g/mol. The lowest BCUT2D eigenvalue weighted by molar-refractivity contribution is 0.572. The summed E-state index contributed by atoms with van der Waals surface area (Å²) in [7, 11) is 0. The maximum Gasteiger partial charge on any atom is 0.181 e. The highest BCUT2D eigenvalue weighted by Crippen LogP contribution is 2.20. The molecule has 0 fully saturated rings. The third kappa shape index (κ3) is 4.43. The van der Waals surface area contributed by atoms with Gasteiger partial charge in [0.15, 0.2) is 12.2 Å². The molecule has 3 nitrogen and oxygen atoms in total. The van der Waals surface area contributed by atoms with Crippen molar-refractivity contribution in [1.29, 1.82) is 0 Å². The molecule has 0 aliphatic carbocycles. The molecule has 1 N–H and O–H groups in total. The van der Waals surface area contributed by atoms with Crippen molar-refractivity contribution < 1.29 is 4.42 Å². The first-order valence-electron chi connectivity index (χ1n) is 7.13.